The van der Waals surface area contributed by atoms with Crippen LogP contribution in [-0.4, -0.2) is 39.4 Å². The summed E-state index contributed by atoms with van der Waals surface area (Å²) in [6.07, 6.45) is 0. The summed E-state index contributed by atoms with van der Waals surface area (Å²) in [6.45, 7) is 3.89. The van der Waals surface area contributed by atoms with Gasteiger partial charge in [0.15, 0.2) is 11.5 Å². The number of ether oxygens (including phenoxy) is 4. The molecule has 2 N–H and O–H groups in total. The normalized spacial score (nSPS) is 15.6. The fourth-order valence-electron chi connectivity index (χ4n) is 3.25. The maximum absolute atomic E-state index is 12.8. The highest BCUT2D eigenvalue weighted by Crippen LogP contribution is 2.34. The van der Waals surface area contributed by atoms with Crippen molar-refractivity contribution in [2.75, 3.05) is 27.4 Å². The van der Waals surface area contributed by atoms with Gasteiger partial charge in [0.25, 0.3) is 0 Å². The molecule has 1 aliphatic rings. The van der Waals surface area contributed by atoms with E-state index in [1.807, 2.05) is 31.2 Å². The molecule has 8 nitrogen and oxygen atoms in total. The number of amides is 2. The first-order valence-electron chi connectivity index (χ1n) is 9.85. The zero-order valence-electron chi connectivity index (χ0n) is 18.0. The number of carbonyl (C=O) groups is 2. The number of methoxy groups -OCH3 is 2. The molecule has 0 aliphatic carbocycles. The molecule has 0 saturated heterocycles. The second kappa shape index (κ2) is 9.88. The van der Waals surface area contributed by atoms with Crippen LogP contribution in [0.25, 0.3) is 0 Å². The second-order valence-corrected chi connectivity index (χ2v) is 6.86. The van der Waals surface area contributed by atoms with Crippen LogP contribution in [-0.2, 0) is 9.53 Å². The van der Waals surface area contributed by atoms with Crippen molar-refractivity contribution >= 4 is 12.0 Å². The molecule has 1 heterocycles. The quantitative estimate of drug-likeness (QED) is 0.629. The highest BCUT2D eigenvalue weighted by molar-refractivity contribution is 5.95. The fraction of sp³-hybridized carbons (Fsp3) is 0.304. The molecule has 1 aliphatic heterocycles. The van der Waals surface area contributed by atoms with E-state index in [0.717, 1.165) is 5.56 Å². The van der Waals surface area contributed by atoms with E-state index in [1.54, 1.807) is 25.1 Å². The number of benzene rings is 2. The number of hydrogen-bond acceptors (Lipinski definition) is 6. The van der Waals surface area contributed by atoms with Crippen molar-refractivity contribution < 1.29 is 28.5 Å². The van der Waals surface area contributed by atoms with Crippen molar-refractivity contribution in [3.63, 3.8) is 0 Å². The van der Waals surface area contributed by atoms with Crippen molar-refractivity contribution in [3.05, 3.63) is 64.9 Å². The number of esters is 1. The maximum atomic E-state index is 12.8. The van der Waals surface area contributed by atoms with Crippen LogP contribution in [0.5, 0.6) is 17.2 Å². The Kier molecular flexibility index (Phi) is 7.02. The van der Waals surface area contributed by atoms with Gasteiger partial charge in [-0.2, -0.15) is 0 Å². The molecule has 2 aromatic carbocycles. The Morgan fingerprint density at radius 2 is 1.74 bits per heavy atom. The van der Waals surface area contributed by atoms with Crippen LogP contribution in [0.15, 0.2) is 53.7 Å². The molecule has 0 radical (unpaired) electrons. The van der Waals surface area contributed by atoms with E-state index in [-0.39, 0.29) is 18.8 Å². The van der Waals surface area contributed by atoms with Crippen molar-refractivity contribution in [1.82, 2.24) is 10.6 Å². The van der Waals surface area contributed by atoms with Gasteiger partial charge in [0.1, 0.15) is 12.4 Å². The molecule has 0 unspecified atom stereocenters. The summed E-state index contributed by atoms with van der Waals surface area (Å²) < 4.78 is 21.7. The number of urea groups is 1. The SMILES string of the molecule is CCOC(=O)C1=C(COc2ccc(C)cc2)NC(=O)N[C@@H]1c1ccc(OC)c(OC)c1. The number of nitrogens with one attached hydrogen (secondary N) is 2. The van der Waals surface area contributed by atoms with E-state index < -0.39 is 18.0 Å². The van der Waals surface area contributed by atoms with Crippen LogP contribution in [0.3, 0.4) is 0 Å². The zero-order valence-corrected chi connectivity index (χ0v) is 18.0. The van der Waals surface area contributed by atoms with Gasteiger partial charge in [0, 0.05) is 0 Å². The van der Waals surface area contributed by atoms with E-state index in [9.17, 15) is 9.59 Å². The molecule has 0 fully saturated rings. The molecule has 164 valence electrons. The lowest BCUT2D eigenvalue weighted by molar-refractivity contribution is -0.139. The summed E-state index contributed by atoms with van der Waals surface area (Å²) >= 11 is 0. The average molecular weight is 426 g/mol. The Labute approximate surface area is 181 Å². The average Bonchev–Trinajstić information content (AvgIpc) is 2.77. The maximum Gasteiger partial charge on any atom is 0.338 e. The predicted octanol–water partition coefficient (Wildman–Crippen LogP) is 3.26. The molecule has 0 bridgehead atoms. The standard InChI is InChI=1S/C23H26N2O6/c1-5-30-22(26)20-17(13-31-16-9-6-14(2)7-10-16)24-23(27)25-21(20)15-8-11-18(28-3)19(12-15)29-4/h6-12,21H,5,13H2,1-4H3,(H2,24,25,27)/t21-/m1/s1. The van der Waals surface area contributed by atoms with Crippen molar-refractivity contribution in [2.24, 2.45) is 0 Å². The number of aryl methyl sites for hydroxylation is 1. The van der Waals surface area contributed by atoms with Gasteiger partial charge in [0.05, 0.1) is 38.1 Å². The third kappa shape index (κ3) is 5.09. The lowest BCUT2D eigenvalue weighted by Gasteiger charge is -2.29. The molecule has 0 spiro atoms. The molecular formula is C23H26N2O6. The van der Waals surface area contributed by atoms with E-state index in [2.05, 4.69) is 10.6 Å². The molecule has 0 aromatic heterocycles. The summed E-state index contributed by atoms with van der Waals surface area (Å²) in [6, 6.07) is 11.5. The minimum Gasteiger partial charge on any atom is -0.493 e. The van der Waals surface area contributed by atoms with Crippen molar-refractivity contribution in [3.8, 4) is 17.2 Å². The van der Waals surface area contributed by atoms with Gasteiger partial charge >= 0.3 is 12.0 Å². The highest BCUT2D eigenvalue weighted by atomic mass is 16.5. The Morgan fingerprint density at radius 1 is 1.03 bits per heavy atom. The Hall–Kier alpha value is -3.68. The second-order valence-electron chi connectivity index (χ2n) is 6.86. The van der Waals surface area contributed by atoms with Crippen molar-refractivity contribution in [2.45, 2.75) is 19.9 Å². The number of hydrogen-bond donors (Lipinski definition) is 2. The lowest BCUT2D eigenvalue weighted by atomic mass is 9.95. The van der Waals surface area contributed by atoms with E-state index in [4.69, 9.17) is 18.9 Å². The van der Waals surface area contributed by atoms with Crippen LogP contribution in [0.1, 0.15) is 24.1 Å². The lowest BCUT2D eigenvalue weighted by Crippen LogP contribution is -2.47. The van der Waals surface area contributed by atoms with Gasteiger partial charge in [0.2, 0.25) is 0 Å². The third-order valence-electron chi connectivity index (χ3n) is 4.79. The summed E-state index contributed by atoms with van der Waals surface area (Å²) in [5.41, 5.74) is 2.34. The first-order valence-corrected chi connectivity index (χ1v) is 9.85. The Balaban J connectivity index is 1.99. The van der Waals surface area contributed by atoms with Gasteiger partial charge in [-0.15, -0.1) is 0 Å². The van der Waals surface area contributed by atoms with Crippen LogP contribution in [0.4, 0.5) is 4.79 Å². The smallest absolute Gasteiger partial charge is 0.338 e. The Bertz CT molecular complexity index is 984. The largest absolute Gasteiger partial charge is 0.493 e. The van der Waals surface area contributed by atoms with E-state index in [1.165, 1.54) is 14.2 Å². The minimum atomic E-state index is -0.746. The van der Waals surface area contributed by atoms with Gasteiger partial charge in [-0.25, -0.2) is 9.59 Å². The summed E-state index contributed by atoms with van der Waals surface area (Å²) in [4.78, 5) is 25.2. The topological polar surface area (TPSA) is 95.1 Å². The monoisotopic (exact) mass is 426 g/mol. The molecule has 31 heavy (non-hydrogen) atoms. The van der Waals surface area contributed by atoms with Gasteiger partial charge in [-0.3, -0.25) is 0 Å². The summed E-state index contributed by atoms with van der Waals surface area (Å²) in [7, 11) is 3.06. The van der Waals surface area contributed by atoms with Crippen LogP contribution >= 0.6 is 0 Å². The van der Waals surface area contributed by atoms with Crippen LogP contribution < -0.4 is 24.8 Å². The minimum absolute atomic E-state index is 0.00554. The molecular weight excluding hydrogens is 400 g/mol. The fourth-order valence-corrected chi connectivity index (χ4v) is 3.25. The van der Waals surface area contributed by atoms with Gasteiger partial charge in [-0.1, -0.05) is 23.8 Å². The highest BCUT2D eigenvalue weighted by Gasteiger charge is 2.34. The van der Waals surface area contributed by atoms with Gasteiger partial charge < -0.3 is 29.6 Å². The van der Waals surface area contributed by atoms with Crippen LogP contribution in [0, 0.1) is 6.92 Å². The first-order chi connectivity index (χ1) is 15.0. The molecule has 3 rings (SSSR count). The molecule has 8 heteroatoms. The number of rotatable bonds is 8. The molecule has 1 atom stereocenters. The van der Waals surface area contributed by atoms with Crippen LogP contribution in [0.2, 0.25) is 0 Å². The molecule has 2 aromatic rings. The third-order valence-corrected chi connectivity index (χ3v) is 4.79. The predicted molar refractivity (Wildman–Crippen MR) is 114 cm³/mol. The number of carbonyl (C=O) groups excluding carboxylic acids is 2. The van der Waals surface area contributed by atoms with Crippen molar-refractivity contribution in [1.29, 1.82) is 0 Å². The zero-order chi connectivity index (χ0) is 22.4. The first kappa shape index (κ1) is 22.0. The van der Waals surface area contributed by atoms with E-state index in [0.29, 0.717) is 28.5 Å². The van der Waals surface area contributed by atoms with E-state index >= 15 is 0 Å². The molecule has 2 amide bonds. The summed E-state index contributed by atoms with van der Waals surface area (Å²) in [5, 5.41) is 5.47. The molecule has 0 saturated carbocycles. The Morgan fingerprint density at radius 3 is 2.39 bits per heavy atom. The van der Waals surface area contributed by atoms with Gasteiger partial charge in [-0.05, 0) is 43.7 Å². The summed E-state index contributed by atoms with van der Waals surface area (Å²) in [5.74, 6) is 1.10.